The standard InChI is InChI=1S/C17H11Cl2FN6O3/c18-9-5-10(19)7-11(6-9)23-15-14(26(28)29)16(22-8-21-15)24-25-17(27)12-3-1-2-4-13(12)20/h1-8H,(H,25,27)(H2,21,22,23,24). The lowest BCUT2D eigenvalue weighted by Gasteiger charge is -2.11. The molecule has 1 heterocycles. The number of hydrogen-bond acceptors (Lipinski definition) is 7. The molecule has 0 saturated heterocycles. The van der Waals surface area contributed by atoms with Crippen LogP contribution >= 0.6 is 23.2 Å². The third kappa shape index (κ3) is 4.86. The van der Waals surface area contributed by atoms with Gasteiger partial charge in [-0.15, -0.1) is 0 Å². The fourth-order valence-electron chi connectivity index (χ4n) is 2.33. The van der Waals surface area contributed by atoms with E-state index in [1.54, 1.807) is 0 Å². The number of nitrogens with zero attached hydrogens (tertiary/aromatic N) is 3. The van der Waals surface area contributed by atoms with Crippen molar-refractivity contribution in [3.63, 3.8) is 0 Å². The molecule has 148 valence electrons. The van der Waals surface area contributed by atoms with E-state index >= 15 is 0 Å². The van der Waals surface area contributed by atoms with Gasteiger partial charge < -0.3 is 5.32 Å². The van der Waals surface area contributed by atoms with Gasteiger partial charge in [-0.25, -0.2) is 14.4 Å². The second-order valence-electron chi connectivity index (χ2n) is 5.52. The largest absolute Gasteiger partial charge is 0.355 e. The van der Waals surface area contributed by atoms with E-state index in [1.807, 2.05) is 0 Å². The molecule has 0 bridgehead atoms. The van der Waals surface area contributed by atoms with Crippen LogP contribution in [0.25, 0.3) is 0 Å². The van der Waals surface area contributed by atoms with Gasteiger partial charge in [0.25, 0.3) is 5.91 Å². The van der Waals surface area contributed by atoms with Crippen molar-refractivity contribution < 1.29 is 14.1 Å². The Hall–Kier alpha value is -3.50. The molecule has 12 heteroatoms. The molecule has 0 spiro atoms. The Morgan fingerprint density at radius 2 is 1.72 bits per heavy atom. The van der Waals surface area contributed by atoms with E-state index in [0.29, 0.717) is 15.7 Å². The molecular weight excluding hydrogens is 426 g/mol. The first-order valence-corrected chi connectivity index (χ1v) is 8.64. The summed E-state index contributed by atoms with van der Waals surface area (Å²) in [5.41, 5.74) is 4.03. The van der Waals surface area contributed by atoms with Crippen molar-refractivity contribution in [3.8, 4) is 0 Å². The van der Waals surface area contributed by atoms with Crippen molar-refractivity contribution in [2.24, 2.45) is 0 Å². The molecule has 9 nitrogen and oxygen atoms in total. The lowest BCUT2D eigenvalue weighted by Crippen LogP contribution is -2.31. The van der Waals surface area contributed by atoms with Crippen LogP contribution in [0.15, 0.2) is 48.8 Å². The molecular formula is C17H11Cl2FN6O3. The van der Waals surface area contributed by atoms with Crippen LogP contribution in [0.5, 0.6) is 0 Å². The Kier molecular flexibility index (Phi) is 6.05. The second-order valence-corrected chi connectivity index (χ2v) is 6.39. The number of nitro groups is 1. The van der Waals surface area contributed by atoms with E-state index < -0.39 is 22.3 Å². The van der Waals surface area contributed by atoms with E-state index in [4.69, 9.17) is 23.2 Å². The molecule has 0 aliphatic carbocycles. The van der Waals surface area contributed by atoms with Crippen LogP contribution in [0, 0.1) is 15.9 Å². The molecule has 3 N–H and O–H groups in total. The zero-order chi connectivity index (χ0) is 21.0. The van der Waals surface area contributed by atoms with Crippen LogP contribution < -0.4 is 16.2 Å². The minimum absolute atomic E-state index is 0.175. The highest BCUT2D eigenvalue weighted by molar-refractivity contribution is 6.35. The van der Waals surface area contributed by atoms with Crippen LogP contribution in [0.3, 0.4) is 0 Å². The Balaban J connectivity index is 1.86. The normalized spacial score (nSPS) is 10.3. The number of amides is 1. The summed E-state index contributed by atoms with van der Waals surface area (Å²) >= 11 is 11.8. The van der Waals surface area contributed by atoms with Gasteiger partial charge >= 0.3 is 5.69 Å². The first-order valence-electron chi connectivity index (χ1n) is 7.88. The highest BCUT2D eigenvalue weighted by Crippen LogP contribution is 2.32. The number of hydrogen-bond donors (Lipinski definition) is 3. The average Bonchev–Trinajstić information content (AvgIpc) is 2.65. The molecule has 0 radical (unpaired) electrons. The summed E-state index contributed by atoms with van der Waals surface area (Å²) < 4.78 is 13.7. The highest BCUT2D eigenvalue weighted by Gasteiger charge is 2.24. The van der Waals surface area contributed by atoms with Gasteiger partial charge in [-0.05, 0) is 30.3 Å². The number of carbonyl (C=O) groups excluding carboxylic acids is 1. The minimum atomic E-state index is -0.841. The fourth-order valence-corrected chi connectivity index (χ4v) is 2.85. The summed E-state index contributed by atoms with van der Waals surface area (Å²) in [6.45, 7) is 0. The monoisotopic (exact) mass is 436 g/mol. The lowest BCUT2D eigenvalue weighted by atomic mass is 10.2. The zero-order valence-electron chi connectivity index (χ0n) is 14.3. The van der Waals surface area contributed by atoms with Crippen LogP contribution in [0.4, 0.5) is 27.4 Å². The molecule has 2 aromatic carbocycles. The molecule has 29 heavy (non-hydrogen) atoms. The van der Waals surface area contributed by atoms with E-state index in [-0.39, 0.29) is 17.2 Å². The Morgan fingerprint density at radius 3 is 2.38 bits per heavy atom. The van der Waals surface area contributed by atoms with E-state index in [0.717, 1.165) is 12.4 Å². The predicted octanol–water partition coefficient (Wildman–Crippen LogP) is 4.33. The summed E-state index contributed by atoms with van der Waals surface area (Å²) in [5, 5.41) is 14.9. The van der Waals surface area contributed by atoms with Crippen molar-refractivity contribution in [3.05, 3.63) is 80.3 Å². The molecule has 1 amide bonds. The van der Waals surface area contributed by atoms with Gasteiger partial charge in [-0.3, -0.25) is 25.8 Å². The molecule has 0 atom stereocenters. The molecule has 0 aliphatic heterocycles. The van der Waals surface area contributed by atoms with E-state index in [2.05, 4.69) is 26.1 Å². The summed E-state index contributed by atoms with van der Waals surface area (Å²) in [5.74, 6) is -2.08. The van der Waals surface area contributed by atoms with Crippen molar-refractivity contribution >= 4 is 52.1 Å². The van der Waals surface area contributed by atoms with Gasteiger partial charge in [0.05, 0.1) is 10.5 Å². The van der Waals surface area contributed by atoms with Gasteiger partial charge in [0.1, 0.15) is 12.1 Å². The number of halogens is 3. The van der Waals surface area contributed by atoms with Gasteiger partial charge in [0, 0.05) is 15.7 Å². The molecule has 0 saturated carbocycles. The maximum Gasteiger partial charge on any atom is 0.355 e. The van der Waals surface area contributed by atoms with Gasteiger partial charge in [-0.2, -0.15) is 0 Å². The first kappa shape index (κ1) is 20.2. The number of rotatable bonds is 6. The maximum atomic E-state index is 13.7. The molecule has 0 unspecified atom stereocenters. The van der Waals surface area contributed by atoms with Crippen molar-refractivity contribution in [1.29, 1.82) is 0 Å². The van der Waals surface area contributed by atoms with E-state index in [9.17, 15) is 19.3 Å². The lowest BCUT2D eigenvalue weighted by molar-refractivity contribution is -0.383. The fraction of sp³-hybridized carbons (Fsp3) is 0. The Morgan fingerprint density at radius 1 is 1.07 bits per heavy atom. The number of aromatic nitrogens is 2. The van der Waals surface area contributed by atoms with Crippen LogP contribution in [0.2, 0.25) is 10.0 Å². The first-order chi connectivity index (χ1) is 13.8. The van der Waals surface area contributed by atoms with Crippen molar-refractivity contribution in [2.45, 2.75) is 0 Å². The minimum Gasteiger partial charge on any atom is -0.334 e. The second kappa shape index (κ2) is 8.67. The van der Waals surface area contributed by atoms with E-state index in [1.165, 1.54) is 36.4 Å². The average molecular weight is 437 g/mol. The Bertz CT molecular complexity index is 1080. The molecule has 1 aromatic heterocycles. The van der Waals surface area contributed by atoms with Crippen LogP contribution in [-0.2, 0) is 0 Å². The predicted molar refractivity (Wildman–Crippen MR) is 106 cm³/mol. The van der Waals surface area contributed by atoms with Gasteiger partial charge in [0.15, 0.2) is 0 Å². The quantitative estimate of drug-likeness (QED) is 0.388. The summed E-state index contributed by atoms with van der Waals surface area (Å²) in [7, 11) is 0. The smallest absolute Gasteiger partial charge is 0.334 e. The molecule has 3 aromatic rings. The molecule has 3 rings (SSSR count). The summed E-state index contributed by atoms with van der Waals surface area (Å²) in [6, 6.07) is 9.75. The zero-order valence-corrected chi connectivity index (χ0v) is 15.8. The van der Waals surface area contributed by atoms with Gasteiger partial charge in [0.2, 0.25) is 11.6 Å². The number of hydrazine groups is 1. The SMILES string of the molecule is O=C(NNc1ncnc(Nc2cc(Cl)cc(Cl)c2)c1[N+](=O)[O-])c1ccccc1F. The topological polar surface area (TPSA) is 122 Å². The van der Waals surface area contributed by atoms with Crippen LogP contribution in [0.1, 0.15) is 10.4 Å². The Labute approximate surface area is 173 Å². The number of carbonyl (C=O) groups is 1. The number of anilines is 3. The maximum absolute atomic E-state index is 13.7. The van der Waals surface area contributed by atoms with Crippen LogP contribution in [-0.4, -0.2) is 20.8 Å². The third-order valence-electron chi connectivity index (χ3n) is 3.54. The highest BCUT2D eigenvalue weighted by atomic mass is 35.5. The summed E-state index contributed by atoms with van der Waals surface area (Å²) in [4.78, 5) is 30.5. The number of benzene rings is 2. The number of nitrogens with one attached hydrogen (secondary N) is 3. The van der Waals surface area contributed by atoms with Gasteiger partial charge in [-0.1, -0.05) is 35.3 Å². The van der Waals surface area contributed by atoms with Crippen molar-refractivity contribution in [1.82, 2.24) is 15.4 Å². The van der Waals surface area contributed by atoms with Crippen molar-refractivity contribution in [2.75, 3.05) is 10.7 Å². The third-order valence-corrected chi connectivity index (χ3v) is 3.98. The molecule has 0 fully saturated rings. The molecule has 0 aliphatic rings. The summed E-state index contributed by atoms with van der Waals surface area (Å²) in [6.07, 6.45) is 1.04.